The third-order valence-electron chi connectivity index (χ3n) is 5.00. The molecule has 5 nitrogen and oxygen atoms in total. The maximum Gasteiger partial charge on any atom is 0.320 e. The summed E-state index contributed by atoms with van der Waals surface area (Å²) in [6.45, 7) is 1.66. The minimum atomic E-state index is -0.953. The lowest BCUT2D eigenvalue weighted by atomic mass is 9.77. The average molecular weight is 390 g/mol. The molecule has 29 heavy (non-hydrogen) atoms. The third kappa shape index (κ3) is 4.54. The molecule has 0 aromatic heterocycles. The predicted molar refractivity (Wildman–Crippen MR) is 113 cm³/mol. The largest absolute Gasteiger partial charge is 0.480 e. The Morgan fingerprint density at radius 1 is 0.897 bits per heavy atom. The van der Waals surface area contributed by atoms with Gasteiger partial charge in [0.2, 0.25) is 0 Å². The van der Waals surface area contributed by atoms with E-state index in [9.17, 15) is 9.90 Å². The quantitative estimate of drug-likeness (QED) is 0.330. The van der Waals surface area contributed by atoms with Crippen LogP contribution < -0.4 is 5.32 Å². The molecular weight excluding hydrogens is 364 g/mol. The van der Waals surface area contributed by atoms with Gasteiger partial charge in [0, 0.05) is 0 Å². The molecule has 0 bridgehead atoms. The number of rotatable bonds is 9. The van der Waals surface area contributed by atoms with Gasteiger partial charge in [-0.15, -0.1) is 0 Å². The second-order valence-electron chi connectivity index (χ2n) is 6.82. The molecule has 0 amide bonds. The number of carboxylic acid groups (broad SMARTS) is 1. The van der Waals surface area contributed by atoms with Crippen LogP contribution in [0.5, 0.6) is 0 Å². The normalized spacial score (nSPS) is 12.7. The minimum Gasteiger partial charge on any atom is -0.480 e. The van der Waals surface area contributed by atoms with Gasteiger partial charge in [-0.05, 0) is 23.6 Å². The highest BCUT2D eigenvalue weighted by atomic mass is 16.7. The molecule has 0 saturated carbocycles. The maximum atomic E-state index is 11.3. The van der Waals surface area contributed by atoms with Crippen LogP contribution >= 0.6 is 0 Å². The Hall–Kier alpha value is -2.99. The summed E-state index contributed by atoms with van der Waals surface area (Å²) in [6.07, 6.45) is -0.392. The van der Waals surface area contributed by atoms with Crippen molar-refractivity contribution >= 4 is 5.97 Å². The van der Waals surface area contributed by atoms with E-state index in [-0.39, 0.29) is 6.54 Å². The average Bonchev–Trinajstić information content (AvgIpc) is 2.77. The lowest BCUT2D eigenvalue weighted by molar-refractivity contribution is -0.183. The minimum absolute atomic E-state index is 0.237. The van der Waals surface area contributed by atoms with Gasteiger partial charge in [0.1, 0.15) is 6.54 Å². The van der Waals surface area contributed by atoms with Gasteiger partial charge in [-0.1, -0.05) is 91.0 Å². The number of carboxylic acids is 1. The standard InChI is InChI=1S/C24H26N2O3/c1-19(26(29-2)18-23(27)28)25-24(20-12-6-3-7-13-20,21-14-8-4-9-15-21)22-16-10-5-11-17-22/h3-17,19,25H,18H2,1-2H3,(H,27,28). The van der Waals surface area contributed by atoms with Gasteiger partial charge in [0.15, 0.2) is 0 Å². The lowest BCUT2D eigenvalue weighted by Crippen LogP contribution is -2.55. The SMILES string of the molecule is CON(CC(=O)O)C(C)NC(c1ccccc1)(c1ccccc1)c1ccccc1. The van der Waals surface area contributed by atoms with Crippen LogP contribution in [0.1, 0.15) is 23.6 Å². The van der Waals surface area contributed by atoms with Crippen LogP contribution in [0.15, 0.2) is 91.0 Å². The fourth-order valence-electron chi connectivity index (χ4n) is 3.69. The molecule has 0 radical (unpaired) electrons. The molecule has 0 aliphatic rings. The molecule has 0 heterocycles. The van der Waals surface area contributed by atoms with Crippen LogP contribution in [0.2, 0.25) is 0 Å². The zero-order valence-corrected chi connectivity index (χ0v) is 16.7. The van der Waals surface area contributed by atoms with Crippen molar-refractivity contribution in [2.24, 2.45) is 0 Å². The molecule has 3 aromatic rings. The Bertz CT molecular complexity index is 805. The third-order valence-corrected chi connectivity index (χ3v) is 5.00. The number of hydroxylamine groups is 2. The Morgan fingerprint density at radius 2 is 1.28 bits per heavy atom. The molecular formula is C24H26N2O3. The van der Waals surface area contributed by atoms with Crippen LogP contribution in [-0.2, 0) is 15.2 Å². The van der Waals surface area contributed by atoms with Crippen molar-refractivity contribution in [3.8, 4) is 0 Å². The van der Waals surface area contributed by atoms with Crippen LogP contribution in [0, 0.1) is 0 Å². The van der Waals surface area contributed by atoms with Crippen LogP contribution in [-0.4, -0.2) is 36.0 Å². The highest BCUT2D eigenvalue weighted by Crippen LogP contribution is 2.37. The zero-order chi connectivity index (χ0) is 20.7. The second kappa shape index (κ2) is 9.47. The number of hydrogen-bond donors (Lipinski definition) is 2. The monoisotopic (exact) mass is 390 g/mol. The van der Waals surface area contributed by atoms with Crippen molar-refractivity contribution in [3.05, 3.63) is 108 Å². The van der Waals surface area contributed by atoms with Gasteiger partial charge < -0.3 is 9.94 Å². The van der Waals surface area contributed by atoms with Crippen molar-refractivity contribution in [1.82, 2.24) is 10.4 Å². The van der Waals surface area contributed by atoms with Gasteiger partial charge in [-0.3, -0.25) is 10.1 Å². The number of carbonyl (C=O) groups is 1. The molecule has 0 spiro atoms. The summed E-state index contributed by atoms with van der Waals surface area (Å²) in [4.78, 5) is 16.7. The summed E-state index contributed by atoms with van der Waals surface area (Å²) in [5.41, 5.74) is 2.46. The van der Waals surface area contributed by atoms with Gasteiger partial charge in [0.25, 0.3) is 0 Å². The first kappa shape index (κ1) is 20.7. The number of nitrogens with zero attached hydrogens (tertiary/aromatic N) is 1. The summed E-state index contributed by atoms with van der Waals surface area (Å²) >= 11 is 0. The fourth-order valence-corrected chi connectivity index (χ4v) is 3.69. The first-order valence-corrected chi connectivity index (χ1v) is 9.54. The van der Waals surface area contributed by atoms with E-state index >= 15 is 0 Å². The summed E-state index contributed by atoms with van der Waals surface area (Å²) in [5.74, 6) is -0.953. The number of benzene rings is 3. The fraction of sp³-hybridized carbons (Fsp3) is 0.208. The first-order chi connectivity index (χ1) is 14.1. The van der Waals surface area contributed by atoms with Crippen molar-refractivity contribution < 1.29 is 14.7 Å². The Morgan fingerprint density at radius 3 is 1.59 bits per heavy atom. The van der Waals surface area contributed by atoms with E-state index in [4.69, 9.17) is 4.84 Å². The van der Waals surface area contributed by atoms with Gasteiger partial charge >= 0.3 is 5.97 Å². The van der Waals surface area contributed by atoms with E-state index in [1.165, 1.54) is 12.2 Å². The maximum absolute atomic E-state index is 11.3. The summed E-state index contributed by atoms with van der Waals surface area (Å²) in [5, 5.41) is 14.4. The van der Waals surface area contributed by atoms with Crippen molar-refractivity contribution in [1.29, 1.82) is 0 Å². The van der Waals surface area contributed by atoms with Gasteiger partial charge in [-0.2, -0.15) is 5.06 Å². The zero-order valence-electron chi connectivity index (χ0n) is 16.7. The Balaban J connectivity index is 2.18. The van der Waals surface area contributed by atoms with E-state index < -0.39 is 17.7 Å². The van der Waals surface area contributed by atoms with E-state index in [0.29, 0.717) is 0 Å². The number of aliphatic carboxylic acids is 1. The molecule has 3 rings (SSSR count). The molecule has 0 fully saturated rings. The number of nitrogens with one attached hydrogen (secondary N) is 1. The van der Waals surface area contributed by atoms with E-state index in [0.717, 1.165) is 16.7 Å². The molecule has 150 valence electrons. The highest BCUT2D eigenvalue weighted by Gasteiger charge is 2.38. The van der Waals surface area contributed by atoms with Gasteiger partial charge in [-0.25, -0.2) is 0 Å². The van der Waals surface area contributed by atoms with Crippen molar-refractivity contribution in [3.63, 3.8) is 0 Å². The Labute approximate surface area is 171 Å². The van der Waals surface area contributed by atoms with E-state index in [1.807, 2.05) is 61.5 Å². The molecule has 1 atom stereocenters. The molecule has 1 unspecified atom stereocenters. The molecule has 5 heteroatoms. The topological polar surface area (TPSA) is 61.8 Å². The molecule has 0 saturated heterocycles. The van der Waals surface area contributed by atoms with Crippen molar-refractivity contribution in [2.45, 2.75) is 18.6 Å². The molecule has 0 aliphatic heterocycles. The summed E-state index contributed by atoms with van der Waals surface area (Å²) in [6, 6.07) is 30.5. The van der Waals surface area contributed by atoms with E-state index in [2.05, 4.69) is 41.7 Å². The second-order valence-corrected chi connectivity index (χ2v) is 6.82. The van der Waals surface area contributed by atoms with Crippen LogP contribution in [0.4, 0.5) is 0 Å². The smallest absolute Gasteiger partial charge is 0.320 e. The molecule has 2 N–H and O–H groups in total. The van der Waals surface area contributed by atoms with Crippen molar-refractivity contribution in [2.75, 3.05) is 13.7 Å². The van der Waals surface area contributed by atoms with E-state index in [1.54, 1.807) is 0 Å². The lowest BCUT2D eigenvalue weighted by Gasteiger charge is -2.41. The number of hydrogen-bond acceptors (Lipinski definition) is 4. The summed E-state index contributed by atoms with van der Waals surface area (Å²) < 4.78 is 0. The predicted octanol–water partition coefficient (Wildman–Crippen LogP) is 3.86. The van der Waals surface area contributed by atoms with Crippen LogP contribution in [0.25, 0.3) is 0 Å². The molecule has 0 aliphatic carbocycles. The van der Waals surface area contributed by atoms with Gasteiger partial charge in [0.05, 0.1) is 18.8 Å². The summed E-state index contributed by atoms with van der Waals surface area (Å²) in [7, 11) is 1.48. The highest BCUT2D eigenvalue weighted by molar-refractivity contribution is 5.68. The molecule has 3 aromatic carbocycles. The van der Waals surface area contributed by atoms with Crippen LogP contribution in [0.3, 0.4) is 0 Å². The Kier molecular flexibility index (Phi) is 6.77. The first-order valence-electron chi connectivity index (χ1n) is 9.54.